The zero-order chi connectivity index (χ0) is 18.9. The molecular weight excluding hydrogens is 358 g/mol. The molecule has 0 radical (unpaired) electrons. The van der Waals surface area contributed by atoms with Crippen molar-refractivity contribution in [2.75, 3.05) is 31.7 Å². The number of pyridine rings is 2. The van der Waals surface area contributed by atoms with Gasteiger partial charge in [0.25, 0.3) is 0 Å². The van der Waals surface area contributed by atoms with E-state index in [0.717, 1.165) is 54.0 Å². The summed E-state index contributed by atoms with van der Waals surface area (Å²) in [7, 11) is 1.94. The van der Waals surface area contributed by atoms with Crippen molar-refractivity contribution in [3.63, 3.8) is 0 Å². The molecule has 0 aliphatic carbocycles. The van der Waals surface area contributed by atoms with Crippen LogP contribution in [0.25, 0.3) is 22.2 Å². The van der Waals surface area contributed by atoms with Gasteiger partial charge in [-0.15, -0.1) is 0 Å². The van der Waals surface area contributed by atoms with Gasteiger partial charge in [-0.25, -0.2) is 9.97 Å². The van der Waals surface area contributed by atoms with Gasteiger partial charge in [-0.1, -0.05) is 0 Å². The van der Waals surface area contributed by atoms with Gasteiger partial charge in [-0.3, -0.25) is 4.68 Å². The summed E-state index contributed by atoms with van der Waals surface area (Å²) in [5, 5.41) is 9.08. The smallest absolute Gasteiger partial charge is 0.225 e. The van der Waals surface area contributed by atoms with E-state index in [-0.39, 0.29) is 6.10 Å². The van der Waals surface area contributed by atoms with Crippen molar-refractivity contribution in [3.8, 4) is 17.1 Å². The van der Waals surface area contributed by atoms with Crippen molar-refractivity contribution < 1.29 is 14.2 Å². The van der Waals surface area contributed by atoms with Crippen LogP contribution in [0, 0.1) is 0 Å². The van der Waals surface area contributed by atoms with Crippen molar-refractivity contribution in [2.24, 2.45) is 7.05 Å². The topological polar surface area (TPSA) is 83.3 Å². The number of hydrogen-bond donors (Lipinski definition) is 1. The largest absolute Gasteiger partial charge is 0.474 e. The number of aryl methyl sites for hydroxylation is 1. The average Bonchev–Trinajstić information content (AvgIpc) is 3.04. The minimum Gasteiger partial charge on any atom is -0.474 e. The van der Waals surface area contributed by atoms with E-state index in [2.05, 4.69) is 15.3 Å². The van der Waals surface area contributed by atoms with E-state index in [9.17, 15) is 0 Å². The Bertz CT molecular complexity index is 979. The first-order valence-corrected chi connectivity index (χ1v) is 9.65. The number of aromatic nitrogens is 4. The molecule has 2 aliphatic heterocycles. The first kappa shape index (κ1) is 17.4. The predicted molar refractivity (Wildman–Crippen MR) is 104 cm³/mol. The first-order chi connectivity index (χ1) is 13.8. The van der Waals surface area contributed by atoms with Gasteiger partial charge in [-0.2, -0.15) is 5.10 Å². The van der Waals surface area contributed by atoms with E-state index in [1.165, 1.54) is 0 Å². The molecule has 5 heterocycles. The molecule has 8 heteroatoms. The van der Waals surface area contributed by atoms with Crippen LogP contribution in [-0.4, -0.2) is 58.3 Å². The van der Waals surface area contributed by atoms with E-state index >= 15 is 0 Å². The van der Waals surface area contributed by atoms with Crippen LogP contribution in [0.5, 0.6) is 5.88 Å². The van der Waals surface area contributed by atoms with Crippen LogP contribution in [0.2, 0.25) is 0 Å². The second-order valence-electron chi connectivity index (χ2n) is 7.22. The second-order valence-corrected chi connectivity index (χ2v) is 7.22. The zero-order valence-corrected chi connectivity index (χ0v) is 15.8. The maximum absolute atomic E-state index is 6.27. The molecule has 3 aromatic rings. The first-order valence-electron chi connectivity index (χ1n) is 9.65. The number of ether oxygens (including phenoxy) is 3. The van der Waals surface area contributed by atoms with E-state index in [0.29, 0.717) is 25.1 Å². The number of anilines is 1. The van der Waals surface area contributed by atoms with E-state index in [1.54, 1.807) is 12.4 Å². The molecule has 28 heavy (non-hydrogen) atoms. The van der Waals surface area contributed by atoms with Crippen LogP contribution in [0.1, 0.15) is 12.8 Å². The molecule has 3 aromatic heterocycles. The van der Waals surface area contributed by atoms with E-state index < -0.39 is 0 Å². The average molecular weight is 381 g/mol. The summed E-state index contributed by atoms with van der Waals surface area (Å²) in [5.74, 6) is 1.45. The Labute approximate surface area is 162 Å². The quantitative estimate of drug-likeness (QED) is 0.726. The van der Waals surface area contributed by atoms with Crippen molar-refractivity contribution >= 4 is 16.7 Å². The van der Waals surface area contributed by atoms with Crippen LogP contribution in [0.3, 0.4) is 0 Å². The highest BCUT2D eigenvalue weighted by atomic mass is 16.5. The summed E-state index contributed by atoms with van der Waals surface area (Å²) < 4.78 is 18.8. The van der Waals surface area contributed by atoms with Gasteiger partial charge in [0, 0.05) is 37.8 Å². The molecule has 0 bridgehead atoms. The maximum Gasteiger partial charge on any atom is 0.225 e. The normalized spacial score (nSPS) is 18.2. The fraction of sp³-hybridized carbons (Fsp3) is 0.450. The molecule has 0 aromatic carbocycles. The van der Waals surface area contributed by atoms with Crippen molar-refractivity contribution in [3.05, 3.63) is 30.6 Å². The summed E-state index contributed by atoms with van der Waals surface area (Å²) in [6.45, 7) is 2.88. The van der Waals surface area contributed by atoms with Crippen LogP contribution >= 0.6 is 0 Å². The molecular formula is C20H23N5O3. The van der Waals surface area contributed by atoms with Crippen molar-refractivity contribution in [1.29, 1.82) is 0 Å². The predicted octanol–water partition coefficient (Wildman–Crippen LogP) is 2.40. The highest BCUT2D eigenvalue weighted by molar-refractivity contribution is 5.97. The Morgan fingerprint density at radius 1 is 1.11 bits per heavy atom. The van der Waals surface area contributed by atoms with Gasteiger partial charge in [0.15, 0.2) is 0 Å². The summed E-state index contributed by atoms with van der Waals surface area (Å²) in [5.41, 5.74) is 2.82. The molecule has 1 N–H and O–H groups in total. The summed E-state index contributed by atoms with van der Waals surface area (Å²) in [6, 6.07) is 6.27. The highest BCUT2D eigenvalue weighted by Gasteiger charge is 2.22. The number of hydrogen-bond acceptors (Lipinski definition) is 7. The summed E-state index contributed by atoms with van der Waals surface area (Å²) in [6.07, 6.45) is 5.44. The molecule has 5 rings (SSSR count). The Kier molecular flexibility index (Phi) is 4.58. The molecule has 0 atom stereocenters. The third-order valence-corrected chi connectivity index (χ3v) is 5.20. The van der Waals surface area contributed by atoms with Gasteiger partial charge >= 0.3 is 0 Å². The molecule has 0 unspecified atom stereocenters. The van der Waals surface area contributed by atoms with E-state index in [4.69, 9.17) is 19.3 Å². The fourth-order valence-electron chi connectivity index (χ4n) is 3.61. The second kappa shape index (κ2) is 7.37. The number of fused-ring (bicyclic) bond motifs is 1. The van der Waals surface area contributed by atoms with Gasteiger partial charge in [0.05, 0.1) is 43.4 Å². The van der Waals surface area contributed by atoms with Crippen molar-refractivity contribution in [1.82, 2.24) is 19.7 Å². The Balaban J connectivity index is 1.52. The van der Waals surface area contributed by atoms with Gasteiger partial charge in [0.1, 0.15) is 17.6 Å². The SMILES string of the molecule is Cn1nc(-c2ccnc(NC3COC3)c2)c2c(OC3CCOCC3)nccc21. The van der Waals surface area contributed by atoms with Gasteiger partial charge in [0.2, 0.25) is 5.88 Å². The molecule has 0 amide bonds. The van der Waals surface area contributed by atoms with Crippen LogP contribution in [0.15, 0.2) is 30.6 Å². The minimum atomic E-state index is 0.119. The summed E-state index contributed by atoms with van der Waals surface area (Å²) >= 11 is 0. The third-order valence-electron chi connectivity index (χ3n) is 5.20. The molecule has 8 nitrogen and oxygen atoms in total. The lowest BCUT2D eigenvalue weighted by Gasteiger charge is -2.27. The van der Waals surface area contributed by atoms with E-state index in [1.807, 2.05) is 29.9 Å². The zero-order valence-electron chi connectivity index (χ0n) is 15.8. The van der Waals surface area contributed by atoms with Crippen LogP contribution in [-0.2, 0) is 16.5 Å². The Morgan fingerprint density at radius 3 is 2.71 bits per heavy atom. The van der Waals surface area contributed by atoms with Gasteiger partial charge in [-0.05, 0) is 18.2 Å². The Hall–Kier alpha value is -2.71. The molecule has 0 spiro atoms. The lowest BCUT2D eigenvalue weighted by atomic mass is 10.1. The third kappa shape index (κ3) is 3.29. The number of nitrogens with one attached hydrogen (secondary N) is 1. The standard InChI is InChI=1S/C20H23N5O3/c1-25-16-3-7-22-20(28-15-4-8-26-9-5-15)18(16)19(24-25)13-2-6-21-17(10-13)23-14-11-27-12-14/h2-3,6-7,10,14-15H,4-5,8-9,11-12H2,1H3,(H,21,23). The molecule has 0 saturated carbocycles. The monoisotopic (exact) mass is 381 g/mol. The fourth-order valence-corrected chi connectivity index (χ4v) is 3.61. The maximum atomic E-state index is 6.27. The molecule has 146 valence electrons. The lowest BCUT2D eigenvalue weighted by molar-refractivity contribution is 0.0209. The Morgan fingerprint density at radius 2 is 1.93 bits per heavy atom. The van der Waals surface area contributed by atoms with Crippen molar-refractivity contribution in [2.45, 2.75) is 25.0 Å². The number of rotatable bonds is 5. The van der Waals surface area contributed by atoms with Crippen LogP contribution in [0.4, 0.5) is 5.82 Å². The van der Waals surface area contributed by atoms with Gasteiger partial charge < -0.3 is 19.5 Å². The highest BCUT2D eigenvalue weighted by Crippen LogP contribution is 2.35. The molecule has 2 saturated heterocycles. The minimum absolute atomic E-state index is 0.119. The number of nitrogens with zero attached hydrogens (tertiary/aromatic N) is 4. The molecule has 2 fully saturated rings. The van der Waals surface area contributed by atoms with Crippen LogP contribution < -0.4 is 10.1 Å². The summed E-state index contributed by atoms with van der Waals surface area (Å²) in [4.78, 5) is 8.96. The molecule has 2 aliphatic rings. The lowest BCUT2D eigenvalue weighted by Crippen LogP contribution is -2.40.